The van der Waals surface area contributed by atoms with Crippen molar-refractivity contribution in [1.82, 2.24) is 0 Å². The van der Waals surface area contributed by atoms with Crippen LogP contribution in [0.3, 0.4) is 0 Å². The number of amides is 1. The van der Waals surface area contributed by atoms with E-state index in [9.17, 15) is 14.4 Å². The Morgan fingerprint density at radius 3 is 1.97 bits per heavy atom. The average Bonchev–Trinajstić information content (AvgIpc) is 2.76. The summed E-state index contributed by atoms with van der Waals surface area (Å²) in [5.74, 6) is -0.0621. The molecule has 0 unspecified atom stereocenters. The minimum atomic E-state index is -0.449. The molecule has 1 N–H and O–H groups in total. The predicted octanol–water partition coefficient (Wildman–Crippen LogP) is 3.73. The number of hydrogen-bond donors (Lipinski definition) is 1. The first-order chi connectivity index (χ1) is 14.0. The van der Waals surface area contributed by atoms with E-state index in [-0.39, 0.29) is 28.4 Å². The van der Waals surface area contributed by atoms with Crippen molar-refractivity contribution in [3.8, 4) is 11.5 Å². The van der Waals surface area contributed by atoms with Crippen molar-refractivity contribution >= 4 is 23.2 Å². The maximum absolute atomic E-state index is 13.0. The van der Waals surface area contributed by atoms with Gasteiger partial charge in [0.05, 0.1) is 25.5 Å². The third kappa shape index (κ3) is 3.14. The molecule has 144 valence electrons. The highest BCUT2D eigenvalue weighted by Crippen LogP contribution is 2.32. The van der Waals surface area contributed by atoms with E-state index in [1.165, 1.54) is 14.2 Å². The highest BCUT2D eigenvalue weighted by atomic mass is 16.5. The van der Waals surface area contributed by atoms with Gasteiger partial charge in [-0.2, -0.15) is 0 Å². The molecule has 29 heavy (non-hydrogen) atoms. The quantitative estimate of drug-likeness (QED) is 0.577. The summed E-state index contributed by atoms with van der Waals surface area (Å²) in [5, 5.41) is 2.75. The number of methoxy groups -OCH3 is 2. The zero-order valence-electron chi connectivity index (χ0n) is 15.8. The van der Waals surface area contributed by atoms with Crippen molar-refractivity contribution < 1.29 is 23.9 Å². The van der Waals surface area contributed by atoms with E-state index < -0.39 is 5.91 Å². The van der Waals surface area contributed by atoms with Crippen LogP contribution < -0.4 is 14.8 Å². The van der Waals surface area contributed by atoms with Crippen molar-refractivity contribution in [1.29, 1.82) is 0 Å². The molecular weight excluding hydrogens is 370 g/mol. The molecule has 0 heterocycles. The summed E-state index contributed by atoms with van der Waals surface area (Å²) in [6, 6.07) is 16.3. The number of rotatable bonds is 4. The van der Waals surface area contributed by atoms with Crippen molar-refractivity contribution in [3.05, 3.63) is 88.5 Å². The minimum absolute atomic E-state index is 0.194. The van der Waals surface area contributed by atoms with E-state index in [1.54, 1.807) is 60.7 Å². The van der Waals surface area contributed by atoms with Crippen LogP contribution in [0.1, 0.15) is 42.2 Å². The van der Waals surface area contributed by atoms with Crippen LogP contribution in [-0.2, 0) is 0 Å². The van der Waals surface area contributed by atoms with E-state index in [4.69, 9.17) is 9.47 Å². The number of ketones is 2. The van der Waals surface area contributed by atoms with E-state index in [2.05, 4.69) is 5.32 Å². The molecule has 0 saturated carbocycles. The molecule has 0 atom stereocenters. The molecule has 0 radical (unpaired) electrons. The molecule has 0 bridgehead atoms. The maximum Gasteiger partial charge on any atom is 0.255 e. The third-order valence-electron chi connectivity index (χ3n) is 4.81. The van der Waals surface area contributed by atoms with Gasteiger partial charge < -0.3 is 14.8 Å². The van der Waals surface area contributed by atoms with Crippen LogP contribution >= 0.6 is 0 Å². The second-order valence-electron chi connectivity index (χ2n) is 6.49. The number of carbonyl (C=O) groups is 3. The van der Waals surface area contributed by atoms with Crippen LogP contribution in [0, 0.1) is 0 Å². The van der Waals surface area contributed by atoms with Gasteiger partial charge in [0.1, 0.15) is 11.5 Å². The summed E-state index contributed by atoms with van der Waals surface area (Å²) in [7, 11) is 2.98. The number of anilines is 1. The lowest BCUT2D eigenvalue weighted by Gasteiger charge is -2.20. The third-order valence-corrected chi connectivity index (χ3v) is 4.81. The molecule has 3 aromatic carbocycles. The lowest BCUT2D eigenvalue weighted by atomic mass is 9.83. The fourth-order valence-corrected chi connectivity index (χ4v) is 3.38. The maximum atomic E-state index is 13.0. The Kier molecular flexibility index (Phi) is 4.60. The second kappa shape index (κ2) is 7.24. The molecule has 4 rings (SSSR count). The molecule has 6 nitrogen and oxygen atoms in total. The van der Waals surface area contributed by atoms with Gasteiger partial charge >= 0.3 is 0 Å². The normalized spacial score (nSPS) is 12.1. The van der Waals surface area contributed by atoms with Gasteiger partial charge in [-0.25, -0.2) is 0 Å². The monoisotopic (exact) mass is 387 g/mol. The van der Waals surface area contributed by atoms with E-state index in [1.807, 2.05) is 0 Å². The van der Waals surface area contributed by atoms with Gasteiger partial charge in [0.15, 0.2) is 11.6 Å². The molecule has 0 fully saturated rings. The largest absolute Gasteiger partial charge is 0.497 e. The molecule has 6 heteroatoms. The first-order valence-electron chi connectivity index (χ1n) is 8.89. The van der Waals surface area contributed by atoms with Crippen LogP contribution in [0.4, 0.5) is 5.69 Å². The number of benzene rings is 3. The zero-order chi connectivity index (χ0) is 20.5. The van der Waals surface area contributed by atoms with Crippen LogP contribution in [-0.4, -0.2) is 31.7 Å². The smallest absolute Gasteiger partial charge is 0.255 e. The standard InChI is InChI=1S/C23H17NO5/c1-28-14-10-13(11-15(12-14)29-2)23(27)24-19-9-5-8-18-20(19)22(26)17-7-4-3-6-16(17)21(18)25/h3-12H,1-2H3,(H,24,27). The fourth-order valence-electron chi connectivity index (χ4n) is 3.38. The lowest BCUT2D eigenvalue weighted by molar-refractivity contribution is 0.0978. The number of carbonyl (C=O) groups excluding carboxylic acids is 3. The van der Waals surface area contributed by atoms with E-state index >= 15 is 0 Å². The molecule has 0 aromatic heterocycles. The minimum Gasteiger partial charge on any atom is -0.497 e. The summed E-state index contributed by atoms with van der Waals surface area (Å²) in [4.78, 5) is 38.7. The number of fused-ring (bicyclic) bond motifs is 2. The Morgan fingerprint density at radius 1 is 0.759 bits per heavy atom. The SMILES string of the molecule is COc1cc(OC)cc(C(=O)Nc2cccc3c2C(=O)c2ccccc2C3=O)c1. The highest BCUT2D eigenvalue weighted by Gasteiger charge is 2.31. The first kappa shape index (κ1) is 18.4. The van der Waals surface area contributed by atoms with Gasteiger partial charge in [-0.15, -0.1) is 0 Å². The van der Waals surface area contributed by atoms with Gasteiger partial charge in [0.25, 0.3) is 5.91 Å². The second-order valence-corrected chi connectivity index (χ2v) is 6.49. The van der Waals surface area contributed by atoms with Crippen molar-refractivity contribution in [2.45, 2.75) is 0 Å². The molecule has 3 aromatic rings. The van der Waals surface area contributed by atoms with Crippen molar-refractivity contribution in [2.75, 3.05) is 19.5 Å². The number of hydrogen-bond acceptors (Lipinski definition) is 5. The fraction of sp³-hybridized carbons (Fsp3) is 0.0870. The van der Waals surface area contributed by atoms with E-state index in [0.29, 0.717) is 28.2 Å². The Labute approximate surface area is 167 Å². The zero-order valence-corrected chi connectivity index (χ0v) is 15.8. The van der Waals surface area contributed by atoms with Gasteiger partial charge in [-0.05, 0) is 18.2 Å². The molecule has 1 amide bonds. The summed E-state index contributed by atoms with van der Waals surface area (Å²) in [5.41, 5.74) is 1.74. The molecule has 0 saturated heterocycles. The van der Waals surface area contributed by atoms with E-state index in [0.717, 1.165) is 0 Å². The summed E-state index contributed by atoms with van der Waals surface area (Å²) >= 11 is 0. The van der Waals surface area contributed by atoms with Crippen LogP contribution in [0.2, 0.25) is 0 Å². The van der Waals surface area contributed by atoms with Gasteiger partial charge in [-0.1, -0.05) is 36.4 Å². The van der Waals surface area contributed by atoms with Gasteiger partial charge in [-0.3, -0.25) is 14.4 Å². The highest BCUT2D eigenvalue weighted by molar-refractivity contribution is 6.30. The average molecular weight is 387 g/mol. The topological polar surface area (TPSA) is 81.7 Å². The van der Waals surface area contributed by atoms with Crippen molar-refractivity contribution in [2.24, 2.45) is 0 Å². The summed E-state index contributed by atoms with van der Waals surface area (Å²) in [6.45, 7) is 0. The summed E-state index contributed by atoms with van der Waals surface area (Å²) in [6.07, 6.45) is 0. The lowest BCUT2D eigenvalue weighted by Crippen LogP contribution is -2.23. The van der Waals surface area contributed by atoms with Gasteiger partial charge in [0, 0.05) is 28.3 Å². The summed E-state index contributed by atoms with van der Waals surface area (Å²) < 4.78 is 10.4. The van der Waals surface area contributed by atoms with Gasteiger partial charge in [0.2, 0.25) is 0 Å². The first-order valence-corrected chi connectivity index (χ1v) is 8.89. The molecular formula is C23H17NO5. The predicted molar refractivity (Wildman–Crippen MR) is 107 cm³/mol. The van der Waals surface area contributed by atoms with Crippen molar-refractivity contribution in [3.63, 3.8) is 0 Å². The Morgan fingerprint density at radius 2 is 1.34 bits per heavy atom. The molecule has 1 aliphatic rings. The molecule has 1 aliphatic carbocycles. The van der Waals surface area contributed by atoms with Crippen LogP contribution in [0.15, 0.2) is 60.7 Å². The molecule has 0 spiro atoms. The number of ether oxygens (including phenoxy) is 2. The van der Waals surface area contributed by atoms with Crippen LogP contribution in [0.25, 0.3) is 0 Å². The Bertz CT molecular complexity index is 1140. The number of nitrogens with one attached hydrogen (secondary N) is 1. The Balaban J connectivity index is 1.74. The Hall–Kier alpha value is -3.93. The van der Waals surface area contributed by atoms with Crippen LogP contribution in [0.5, 0.6) is 11.5 Å². The molecule has 0 aliphatic heterocycles.